The molecule has 0 atom stereocenters. The van der Waals surface area contributed by atoms with E-state index in [1.807, 2.05) is 0 Å². The zero-order chi connectivity index (χ0) is 7.68. The van der Waals surface area contributed by atoms with Crippen molar-refractivity contribution >= 4 is 11.5 Å². The van der Waals surface area contributed by atoms with Crippen LogP contribution in [-0.4, -0.2) is 32.1 Å². The second kappa shape index (κ2) is 2.15. The van der Waals surface area contributed by atoms with Crippen molar-refractivity contribution in [2.75, 3.05) is 12.4 Å². The number of hydrogen-bond acceptors (Lipinski definition) is 5. The van der Waals surface area contributed by atoms with Gasteiger partial charge in [-0.1, -0.05) is 0 Å². The van der Waals surface area contributed by atoms with Gasteiger partial charge in [0.25, 0.3) is 0 Å². The summed E-state index contributed by atoms with van der Waals surface area (Å²) in [6.45, 7) is 0. The molecular weight excluding hydrogens is 144 g/mol. The number of rotatable bonds is 1. The van der Waals surface area contributed by atoms with Gasteiger partial charge in [0.15, 0.2) is 5.65 Å². The number of fused-ring (bicyclic) bond motifs is 1. The molecule has 11 heavy (non-hydrogen) atoms. The van der Waals surface area contributed by atoms with Gasteiger partial charge >= 0.3 is 0 Å². The normalized spacial score (nSPS) is 10.3. The average Bonchev–Trinajstić information content (AvgIpc) is 2.50. The average molecular weight is 150 g/mol. The van der Waals surface area contributed by atoms with Crippen LogP contribution in [0, 0.1) is 0 Å². The first-order chi connectivity index (χ1) is 5.42. The molecule has 0 aliphatic carbocycles. The SMILES string of the molecule is CNc1cncc2nnnn12. The Morgan fingerprint density at radius 2 is 2.36 bits per heavy atom. The third-order valence-corrected chi connectivity index (χ3v) is 1.36. The van der Waals surface area contributed by atoms with Gasteiger partial charge in [0.1, 0.15) is 5.82 Å². The van der Waals surface area contributed by atoms with Crippen LogP contribution in [0.25, 0.3) is 5.65 Å². The molecule has 0 unspecified atom stereocenters. The van der Waals surface area contributed by atoms with Crippen molar-refractivity contribution in [3.63, 3.8) is 0 Å². The van der Waals surface area contributed by atoms with Crippen LogP contribution >= 0.6 is 0 Å². The van der Waals surface area contributed by atoms with E-state index in [0.29, 0.717) is 5.65 Å². The number of tetrazole rings is 1. The van der Waals surface area contributed by atoms with Crippen LogP contribution in [0.5, 0.6) is 0 Å². The Balaban J connectivity index is 2.79. The van der Waals surface area contributed by atoms with E-state index in [0.717, 1.165) is 5.82 Å². The Labute approximate surface area is 62.2 Å². The minimum Gasteiger partial charge on any atom is -0.372 e. The Hall–Kier alpha value is -1.72. The summed E-state index contributed by atoms with van der Waals surface area (Å²) in [6, 6.07) is 0. The molecule has 2 rings (SSSR count). The summed E-state index contributed by atoms with van der Waals surface area (Å²) < 4.78 is 1.58. The van der Waals surface area contributed by atoms with Crippen molar-refractivity contribution in [1.82, 2.24) is 25.0 Å². The van der Waals surface area contributed by atoms with Gasteiger partial charge < -0.3 is 5.32 Å². The van der Waals surface area contributed by atoms with Crippen molar-refractivity contribution in [2.45, 2.75) is 0 Å². The van der Waals surface area contributed by atoms with E-state index in [2.05, 4.69) is 25.8 Å². The van der Waals surface area contributed by atoms with E-state index < -0.39 is 0 Å². The summed E-state index contributed by atoms with van der Waals surface area (Å²) in [4.78, 5) is 3.93. The van der Waals surface area contributed by atoms with Crippen LogP contribution in [0.3, 0.4) is 0 Å². The molecule has 0 bridgehead atoms. The standard InChI is InChI=1S/C5H6N6/c1-6-4-2-7-3-5-8-9-10-11(4)5/h2-3,6H,1H3. The van der Waals surface area contributed by atoms with E-state index in [-0.39, 0.29) is 0 Å². The Morgan fingerprint density at radius 3 is 3.18 bits per heavy atom. The van der Waals surface area contributed by atoms with Crippen molar-refractivity contribution in [1.29, 1.82) is 0 Å². The molecule has 0 saturated heterocycles. The highest BCUT2D eigenvalue weighted by molar-refractivity contribution is 5.42. The van der Waals surface area contributed by atoms with E-state index in [1.54, 1.807) is 24.0 Å². The molecule has 0 aliphatic heterocycles. The van der Waals surface area contributed by atoms with Crippen LogP contribution < -0.4 is 5.32 Å². The predicted octanol–water partition coefficient (Wildman–Crippen LogP) is -0.439. The van der Waals surface area contributed by atoms with Crippen LogP contribution in [0.1, 0.15) is 0 Å². The topological polar surface area (TPSA) is 68.0 Å². The van der Waals surface area contributed by atoms with Gasteiger partial charge in [-0.15, -0.1) is 5.10 Å². The maximum atomic E-state index is 3.93. The molecule has 56 valence electrons. The Bertz CT molecular complexity index is 366. The molecule has 0 radical (unpaired) electrons. The number of anilines is 1. The molecular formula is C5H6N6. The lowest BCUT2D eigenvalue weighted by Crippen LogP contribution is -1.99. The molecule has 6 nitrogen and oxygen atoms in total. The summed E-state index contributed by atoms with van der Waals surface area (Å²) in [6.07, 6.45) is 3.25. The van der Waals surface area contributed by atoms with Gasteiger partial charge in [-0.2, -0.15) is 4.52 Å². The lowest BCUT2D eigenvalue weighted by Gasteiger charge is -1.98. The summed E-state index contributed by atoms with van der Waals surface area (Å²) in [5.41, 5.74) is 0.636. The fourth-order valence-corrected chi connectivity index (χ4v) is 0.846. The predicted molar refractivity (Wildman–Crippen MR) is 38.1 cm³/mol. The van der Waals surface area contributed by atoms with E-state index in [9.17, 15) is 0 Å². The molecule has 2 heterocycles. The maximum absolute atomic E-state index is 3.93. The van der Waals surface area contributed by atoms with Gasteiger partial charge in [0.2, 0.25) is 0 Å². The second-order valence-corrected chi connectivity index (χ2v) is 1.99. The lowest BCUT2D eigenvalue weighted by atomic mass is 10.6. The molecule has 1 N–H and O–H groups in total. The maximum Gasteiger partial charge on any atom is 0.199 e. The molecule has 6 heteroatoms. The van der Waals surface area contributed by atoms with Crippen molar-refractivity contribution in [3.8, 4) is 0 Å². The zero-order valence-electron chi connectivity index (χ0n) is 5.89. The lowest BCUT2D eigenvalue weighted by molar-refractivity contribution is 0.824. The Morgan fingerprint density at radius 1 is 1.45 bits per heavy atom. The highest BCUT2D eigenvalue weighted by Crippen LogP contribution is 2.03. The molecule has 0 aromatic carbocycles. The fourth-order valence-electron chi connectivity index (χ4n) is 0.846. The number of nitrogens with zero attached hydrogens (tertiary/aromatic N) is 5. The van der Waals surface area contributed by atoms with E-state index in [4.69, 9.17) is 0 Å². The van der Waals surface area contributed by atoms with Crippen molar-refractivity contribution in [2.24, 2.45) is 0 Å². The van der Waals surface area contributed by atoms with Crippen LogP contribution in [0.2, 0.25) is 0 Å². The van der Waals surface area contributed by atoms with E-state index in [1.165, 1.54) is 0 Å². The first-order valence-electron chi connectivity index (χ1n) is 3.11. The largest absolute Gasteiger partial charge is 0.372 e. The minimum atomic E-state index is 0.636. The van der Waals surface area contributed by atoms with E-state index >= 15 is 0 Å². The monoisotopic (exact) mass is 150 g/mol. The van der Waals surface area contributed by atoms with Gasteiger partial charge in [-0.25, -0.2) is 0 Å². The summed E-state index contributed by atoms with van der Waals surface area (Å²) in [7, 11) is 1.79. The zero-order valence-corrected chi connectivity index (χ0v) is 5.89. The molecule has 0 aliphatic rings. The molecule has 2 aromatic heterocycles. The van der Waals surface area contributed by atoms with Gasteiger partial charge in [-0.05, 0) is 10.4 Å². The van der Waals surface area contributed by atoms with Crippen LogP contribution in [0.4, 0.5) is 5.82 Å². The quantitative estimate of drug-likeness (QED) is 0.597. The van der Waals surface area contributed by atoms with Gasteiger partial charge in [0, 0.05) is 7.05 Å². The minimum absolute atomic E-state index is 0.636. The molecule has 0 amide bonds. The Kier molecular flexibility index (Phi) is 1.18. The van der Waals surface area contributed by atoms with Crippen LogP contribution in [-0.2, 0) is 0 Å². The summed E-state index contributed by atoms with van der Waals surface area (Å²) >= 11 is 0. The number of hydrogen-bond donors (Lipinski definition) is 1. The fraction of sp³-hybridized carbons (Fsp3) is 0.200. The molecule has 2 aromatic rings. The summed E-state index contributed by atoms with van der Waals surface area (Å²) in [5.74, 6) is 0.771. The first kappa shape index (κ1) is 6.02. The molecule has 0 saturated carbocycles. The number of aromatic nitrogens is 5. The molecule has 0 fully saturated rings. The van der Waals surface area contributed by atoms with Gasteiger partial charge in [-0.3, -0.25) is 4.98 Å². The van der Waals surface area contributed by atoms with Crippen LogP contribution in [0.15, 0.2) is 12.4 Å². The van der Waals surface area contributed by atoms with Crippen molar-refractivity contribution in [3.05, 3.63) is 12.4 Å². The third-order valence-electron chi connectivity index (χ3n) is 1.36. The first-order valence-corrected chi connectivity index (χ1v) is 3.11. The van der Waals surface area contributed by atoms with Gasteiger partial charge in [0.05, 0.1) is 12.4 Å². The highest BCUT2D eigenvalue weighted by atomic mass is 15.5. The number of nitrogens with one attached hydrogen (secondary N) is 1. The smallest absolute Gasteiger partial charge is 0.199 e. The third kappa shape index (κ3) is 0.794. The van der Waals surface area contributed by atoms with Crippen molar-refractivity contribution < 1.29 is 0 Å². The highest BCUT2D eigenvalue weighted by Gasteiger charge is 1.99. The molecule has 0 spiro atoms. The summed E-state index contributed by atoms with van der Waals surface area (Å²) in [5, 5.41) is 13.9. The second-order valence-electron chi connectivity index (χ2n) is 1.99.